The molecule has 0 bridgehead atoms. The Balaban J connectivity index is 1.73. The summed E-state index contributed by atoms with van der Waals surface area (Å²) in [6.07, 6.45) is 7.80. The first-order valence-corrected chi connectivity index (χ1v) is 12.1. The van der Waals surface area contributed by atoms with Crippen LogP contribution >= 0.6 is 0 Å². The highest BCUT2D eigenvalue weighted by Gasteiger charge is 2.26. The molecule has 176 valence electrons. The lowest BCUT2D eigenvalue weighted by atomic mass is 9.99. The Bertz CT molecular complexity index is 637. The maximum absolute atomic E-state index is 11.2. The number of nitrogens with zero attached hydrogens (tertiary/aromatic N) is 3. The SMILES string of the molecule is CCCN(CCC)c1ccc(N=O)c(NCCCCCCN2CC[C@@H](O)C[C@H]2CO)c1. The summed E-state index contributed by atoms with van der Waals surface area (Å²) in [5.74, 6) is 0. The molecule has 2 atom stereocenters. The van der Waals surface area contributed by atoms with Gasteiger partial charge in [0.15, 0.2) is 0 Å². The molecular formula is C24H42N4O3. The summed E-state index contributed by atoms with van der Waals surface area (Å²) in [4.78, 5) is 15.9. The van der Waals surface area contributed by atoms with Crippen LogP contribution in [0.15, 0.2) is 23.4 Å². The highest BCUT2D eigenvalue weighted by Crippen LogP contribution is 2.30. The third-order valence-corrected chi connectivity index (χ3v) is 6.14. The smallest absolute Gasteiger partial charge is 0.131 e. The van der Waals surface area contributed by atoms with Crippen molar-refractivity contribution in [2.45, 2.75) is 77.4 Å². The molecule has 1 heterocycles. The van der Waals surface area contributed by atoms with Crippen LogP contribution < -0.4 is 10.2 Å². The minimum absolute atomic E-state index is 0.104. The van der Waals surface area contributed by atoms with E-state index >= 15 is 0 Å². The van der Waals surface area contributed by atoms with Gasteiger partial charge >= 0.3 is 0 Å². The molecule has 7 nitrogen and oxygen atoms in total. The fourth-order valence-corrected chi connectivity index (χ4v) is 4.43. The third kappa shape index (κ3) is 8.39. The number of nitrogens with one attached hydrogen (secondary N) is 1. The third-order valence-electron chi connectivity index (χ3n) is 6.14. The van der Waals surface area contributed by atoms with Crippen molar-refractivity contribution in [2.75, 3.05) is 49.5 Å². The summed E-state index contributed by atoms with van der Waals surface area (Å²) in [5.41, 5.74) is 2.44. The van der Waals surface area contributed by atoms with E-state index in [1.54, 1.807) is 0 Å². The number of benzene rings is 1. The van der Waals surface area contributed by atoms with Crippen molar-refractivity contribution in [2.24, 2.45) is 5.18 Å². The molecule has 2 rings (SSSR count). The number of nitroso groups, excluding NO2 is 1. The molecule has 0 aromatic heterocycles. The van der Waals surface area contributed by atoms with E-state index in [9.17, 15) is 15.1 Å². The van der Waals surface area contributed by atoms with Crippen molar-refractivity contribution < 1.29 is 10.2 Å². The van der Waals surface area contributed by atoms with Crippen LogP contribution in [-0.2, 0) is 0 Å². The normalized spacial score (nSPS) is 19.4. The van der Waals surface area contributed by atoms with Crippen LogP contribution in [0.1, 0.15) is 65.2 Å². The molecule has 31 heavy (non-hydrogen) atoms. The van der Waals surface area contributed by atoms with Gasteiger partial charge in [0, 0.05) is 37.9 Å². The van der Waals surface area contributed by atoms with Gasteiger partial charge in [0.1, 0.15) is 5.69 Å². The van der Waals surface area contributed by atoms with Crippen molar-refractivity contribution in [3.05, 3.63) is 23.1 Å². The fraction of sp³-hybridized carbons (Fsp3) is 0.750. The summed E-state index contributed by atoms with van der Waals surface area (Å²) < 4.78 is 0. The van der Waals surface area contributed by atoms with E-state index in [4.69, 9.17) is 0 Å². The molecule has 0 radical (unpaired) electrons. The molecule has 1 aromatic rings. The monoisotopic (exact) mass is 434 g/mol. The molecule has 0 saturated carbocycles. The zero-order valence-electron chi connectivity index (χ0n) is 19.4. The molecule has 7 heteroatoms. The molecule has 0 amide bonds. The first-order valence-electron chi connectivity index (χ1n) is 12.1. The molecule has 1 fully saturated rings. The predicted octanol–water partition coefficient (Wildman–Crippen LogP) is 4.50. The Morgan fingerprint density at radius 3 is 2.58 bits per heavy atom. The maximum atomic E-state index is 11.2. The van der Waals surface area contributed by atoms with Gasteiger partial charge in [-0.15, -0.1) is 4.91 Å². The Labute approximate surface area is 187 Å². The molecular weight excluding hydrogens is 392 g/mol. The zero-order chi connectivity index (χ0) is 22.5. The number of rotatable bonds is 15. The number of unbranched alkanes of at least 4 members (excludes halogenated alkanes) is 3. The van der Waals surface area contributed by atoms with Crippen molar-refractivity contribution in [3.63, 3.8) is 0 Å². The highest BCUT2D eigenvalue weighted by atomic mass is 16.3. The van der Waals surface area contributed by atoms with Crippen LogP contribution in [-0.4, -0.2) is 66.6 Å². The molecule has 3 N–H and O–H groups in total. The van der Waals surface area contributed by atoms with Crippen LogP contribution in [0.4, 0.5) is 17.1 Å². The van der Waals surface area contributed by atoms with Crippen LogP contribution in [0.5, 0.6) is 0 Å². The van der Waals surface area contributed by atoms with Crippen molar-refractivity contribution in [3.8, 4) is 0 Å². The summed E-state index contributed by atoms with van der Waals surface area (Å²) in [6.45, 7) is 9.19. The number of aliphatic hydroxyl groups excluding tert-OH is 2. The van der Waals surface area contributed by atoms with E-state index in [0.29, 0.717) is 12.1 Å². The van der Waals surface area contributed by atoms with E-state index in [1.165, 1.54) is 0 Å². The lowest BCUT2D eigenvalue weighted by Gasteiger charge is -2.36. The molecule has 1 saturated heterocycles. The lowest BCUT2D eigenvalue weighted by Crippen LogP contribution is -2.46. The van der Waals surface area contributed by atoms with Gasteiger partial charge in [-0.1, -0.05) is 26.7 Å². The van der Waals surface area contributed by atoms with Gasteiger partial charge in [-0.2, -0.15) is 0 Å². The average Bonchev–Trinajstić information content (AvgIpc) is 2.78. The number of aliphatic hydroxyl groups is 2. The second-order valence-electron chi connectivity index (χ2n) is 8.67. The van der Waals surface area contributed by atoms with Gasteiger partial charge < -0.3 is 20.4 Å². The first kappa shape index (κ1) is 25.6. The Morgan fingerprint density at radius 1 is 1.16 bits per heavy atom. The fourth-order valence-electron chi connectivity index (χ4n) is 4.43. The number of hydrogen-bond acceptors (Lipinski definition) is 7. The summed E-state index contributed by atoms with van der Waals surface area (Å²) in [7, 11) is 0. The van der Waals surface area contributed by atoms with E-state index in [-0.39, 0.29) is 18.8 Å². The van der Waals surface area contributed by atoms with E-state index in [1.807, 2.05) is 12.1 Å². The van der Waals surface area contributed by atoms with Crippen molar-refractivity contribution >= 4 is 17.1 Å². The van der Waals surface area contributed by atoms with Gasteiger partial charge in [0.25, 0.3) is 0 Å². The minimum Gasteiger partial charge on any atom is -0.395 e. The predicted molar refractivity (Wildman–Crippen MR) is 129 cm³/mol. The summed E-state index contributed by atoms with van der Waals surface area (Å²) >= 11 is 0. The Kier molecular flexibility index (Phi) is 11.9. The summed E-state index contributed by atoms with van der Waals surface area (Å²) in [5, 5.41) is 25.9. The second kappa shape index (κ2) is 14.4. The average molecular weight is 435 g/mol. The molecule has 1 aromatic carbocycles. The van der Waals surface area contributed by atoms with Gasteiger partial charge in [-0.3, -0.25) is 4.90 Å². The summed E-state index contributed by atoms with van der Waals surface area (Å²) in [6, 6.07) is 5.97. The van der Waals surface area contributed by atoms with Crippen LogP contribution in [0.25, 0.3) is 0 Å². The van der Waals surface area contributed by atoms with Crippen molar-refractivity contribution in [1.29, 1.82) is 0 Å². The van der Waals surface area contributed by atoms with Gasteiger partial charge in [-0.05, 0) is 68.4 Å². The maximum Gasteiger partial charge on any atom is 0.131 e. The number of piperidine rings is 1. The van der Waals surface area contributed by atoms with E-state index < -0.39 is 0 Å². The van der Waals surface area contributed by atoms with Crippen LogP contribution in [0.2, 0.25) is 0 Å². The van der Waals surface area contributed by atoms with Gasteiger partial charge in [0.05, 0.1) is 18.4 Å². The van der Waals surface area contributed by atoms with Crippen LogP contribution in [0.3, 0.4) is 0 Å². The largest absolute Gasteiger partial charge is 0.395 e. The van der Waals surface area contributed by atoms with Gasteiger partial charge in [-0.25, -0.2) is 0 Å². The van der Waals surface area contributed by atoms with E-state index in [2.05, 4.69) is 40.2 Å². The topological polar surface area (TPSA) is 88.4 Å². The first-order chi connectivity index (χ1) is 15.1. The Morgan fingerprint density at radius 2 is 1.90 bits per heavy atom. The number of likely N-dealkylation sites (tertiary alicyclic amines) is 1. The molecule has 1 aliphatic rings. The lowest BCUT2D eigenvalue weighted by molar-refractivity contribution is 0.0163. The second-order valence-corrected chi connectivity index (χ2v) is 8.67. The van der Waals surface area contributed by atoms with E-state index in [0.717, 1.165) is 89.0 Å². The quantitative estimate of drug-likeness (QED) is 0.278. The molecule has 0 aliphatic carbocycles. The van der Waals surface area contributed by atoms with Crippen molar-refractivity contribution in [1.82, 2.24) is 4.90 Å². The standard InChI is InChI=1S/C24H42N4O3/c1-3-13-27(14-4-2)20-9-10-23(26-31)24(18-20)25-12-7-5-6-8-15-28-16-11-22(30)17-21(28)19-29/h9-10,18,21-22,25,29-30H,3-8,11-17,19H2,1-2H3/t21-,22+/m0/s1. The number of hydrogen-bond donors (Lipinski definition) is 3. The molecule has 1 aliphatic heterocycles. The molecule has 0 unspecified atom stereocenters. The molecule has 0 spiro atoms. The van der Waals surface area contributed by atoms with Crippen LogP contribution in [0, 0.1) is 4.91 Å². The van der Waals surface area contributed by atoms with Gasteiger partial charge in [0.2, 0.25) is 0 Å². The Hall–Kier alpha value is -1.70. The zero-order valence-corrected chi connectivity index (χ0v) is 19.4. The minimum atomic E-state index is -0.264. The number of anilines is 2. The highest BCUT2D eigenvalue weighted by molar-refractivity contribution is 5.71.